The Morgan fingerprint density at radius 2 is 1.95 bits per heavy atom. The maximum atomic E-state index is 5.15. The lowest BCUT2D eigenvalue weighted by Gasteiger charge is -2.14. The van der Waals surface area contributed by atoms with Crippen molar-refractivity contribution in [2.45, 2.75) is 39.4 Å². The van der Waals surface area contributed by atoms with Crippen molar-refractivity contribution >= 4 is 0 Å². The molecule has 0 amide bonds. The van der Waals surface area contributed by atoms with Crippen LogP contribution in [-0.4, -0.2) is 16.9 Å². The van der Waals surface area contributed by atoms with Crippen molar-refractivity contribution in [1.82, 2.24) is 15.1 Å². The highest BCUT2D eigenvalue weighted by Gasteiger charge is 2.07. The van der Waals surface area contributed by atoms with Gasteiger partial charge in [0.1, 0.15) is 5.75 Å². The molecule has 2 rings (SSSR count). The topological polar surface area (TPSA) is 39.1 Å². The molecule has 0 spiro atoms. The van der Waals surface area contributed by atoms with Gasteiger partial charge in [-0.25, -0.2) is 0 Å². The van der Waals surface area contributed by atoms with E-state index in [1.807, 2.05) is 18.3 Å². The zero-order chi connectivity index (χ0) is 14.4. The molecule has 0 aliphatic carbocycles. The first-order valence-corrected chi connectivity index (χ1v) is 7.10. The number of nitrogens with zero attached hydrogens (tertiary/aromatic N) is 2. The van der Waals surface area contributed by atoms with Gasteiger partial charge in [-0.1, -0.05) is 19.1 Å². The minimum absolute atomic E-state index is 0.447. The Bertz CT molecular complexity index is 519. The van der Waals surface area contributed by atoms with Crippen molar-refractivity contribution < 1.29 is 4.74 Å². The maximum absolute atomic E-state index is 5.15. The smallest absolute Gasteiger partial charge is 0.118 e. The number of hydrogen-bond donors (Lipinski definition) is 1. The minimum atomic E-state index is 0.447. The average Bonchev–Trinajstić information content (AvgIpc) is 2.95. The molecular weight excluding hydrogens is 250 g/mol. The van der Waals surface area contributed by atoms with Gasteiger partial charge in [-0.3, -0.25) is 4.68 Å². The summed E-state index contributed by atoms with van der Waals surface area (Å²) in [5.41, 5.74) is 2.48. The third-order valence-electron chi connectivity index (χ3n) is 3.55. The van der Waals surface area contributed by atoms with E-state index >= 15 is 0 Å². The first kappa shape index (κ1) is 14.6. The van der Waals surface area contributed by atoms with Crippen molar-refractivity contribution in [3.63, 3.8) is 0 Å². The highest BCUT2D eigenvalue weighted by molar-refractivity contribution is 5.27. The normalized spacial score (nSPS) is 12.3. The summed E-state index contributed by atoms with van der Waals surface area (Å²) in [7, 11) is 1.68. The van der Waals surface area contributed by atoms with Crippen LogP contribution in [0.3, 0.4) is 0 Å². The van der Waals surface area contributed by atoms with Crippen LogP contribution in [0.15, 0.2) is 36.5 Å². The molecule has 0 radical (unpaired) electrons. The highest BCUT2D eigenvalue weighted by atomic mass is 16.5. The molecule has 0 aliphatic heterocycles. The lowest BCUT2D eigenvalue weighted by Crippen LogP contribution is -2.18. The Labute approximate surface area is 120 Å². The first-order valence-electron chi connectivity index (χ1n) is 7.10. The van der Waals surface area contributed by atoms with E-state index in [0.717, 1.165) is 25.3 Å². The van der Waals surface area contributed by atoms with Gasteiger partial charge in [-0.15, -0.1) is 0 Å². The highest BCUT2D eigenvalue weighted by Crippen LogP contribution is 2.13. The standard InChI is InChI=1S/C16H23N3O/c1-4-13(2)19-15(9-10-18-19)12-17-11-14-5-7-16(20-3)8-6-14/h5-10,13,17H,4,11-12H2,1-3H3/t13-/m0/s1. The predicted octanol–water partition coefficient (Wildman–Crippen LogP) is 3.15. The van der Waals surface area contributed by atoms with E-state index in [1.165, 1.54) is 11.3 Å². The molecule has 1 aromatic heterocycles. The van der Waals surface area contributed by atoms with E-state index in [-0.39, 0.29) is 0 Å². The van der Waals surface area contributed by atoms with Gasteiger partial charge in [0.25, 0.3) is 0 Å². The molecule has 4 heteroatoms. The van der Waals surface area contributed by atoms with E-state index in [4.69, 9.17) is 4.74 Å². The third-order valence-corrected chi connectivity index (χ3v) is 3.55. The zero-order valence-electron chi connectivity index (χ0n) is 12.5. The summed E-state index contributed by atoms with van der Waals surface area (Å²) >= 11 is 0. The Morgan fingerprint density at radius 3 is 2.60 bits per heavy atom. The Morgan fingerprint density at radius 1 is 1.20 bits per heavy atom. The number of aromatic nitrogens is 2. The van der Waals surface area contributed by atoms with Crippen LogP contribution in [0.5, 0.6) is 5.75 Å². The van der Waals surface area contributed by atoms with Crippen molar-refractivity contribution in [3.8, 4) is 5.75 Å². The van der Waals surface area contributed by atoms with Crippen LogP contribution in [0, 0.1) is 0 Å². The summed E-state index contributed by atoms with van der Waals surface area (Å²) in [6.45, 7) is 6.05. The Balaban J connectivity index is 1.87. The molecule has 20 heavy (non-hydrogen) atoms. The molecule has 2 aromatic rings. The van der Waals surface area contributed by atoms with Crippen molar-refractivity contribution in [2.24, 2.45) is 0 Å². The van der Waals surface area contributed by atoms with Gasteiger partial charge in [0, 0.05) is 25.3 Å². The van der Waals surface area contributed by atoms with Crippen LogP contribution in [0.1, 0.15) is 37.6 Å². The molecule has 0 fully saturated rings. The quantitative estimate of drug-likeness (QED) is 0.842. The molecular formula is C16H23N3O. The summed E-state index contributed by atoms with van der Waals surface area (Å²) in [6.07, 6.45) is 2.96. The molecule has 1 aromatic carbocycles. The second kappa shape index (κ2) is 7.10. The molecule has 0 unspecified atom stereocenters. The fourth-order valence-electron chi connectivity index (χ4n) is 2.13. The summed E-state index contributed by atoms with van der Waals surface area (Å²) < 4.78 is 7.25. The molecule has 4 nitrogen and oxygen atoms in total. The largest absolute Gasteiger partial charge is 0.497 e. The second-order valence-electron chi connectivity index (χ2n) is 4.98. The fraction of sp³-hybridized carbons (Fsp3) is 0.438. The first-order chi connectivity index (χ1) is 9.74. The monoisotopic (exact) mass is 273 g/mol. The van der Waals surface area contributed by atoms with Gasteiger partial charge >= 0.3 is 0 Å². The molecule has 0 aliphatic rings. The average molecular weight is 273 g/mol. The summed E-state index contributed by atoms with van der Waals surface area (Å²) in [5, 5.41) is 7.85. The number of hydrogen-bond acceptors (Lipinski definition) is 3. The molecule has 1 heterocycles. The third kappa shape index (κ3) is 3.61. The van der Waals surface area contributed by atoms with E-state index in [0.29, 0.717) is 6.04 Å². The number of rotatable bonds is 7. The van der Waals surface area contributed by atoms with E-state index in [2.05, 4.69) is 47.1 Å². The minimum Gasteiger partial charge on any atom is -0.497 e. The number of methoxy groups -OCH3 is 1. The number of benzene rings is 1. The molecule has 0 saturated heterocycles. The van der Waals surface area contributed by atoms with Crippen LogP contribution < -0.4 is 10.1 Å². The van der Waals surface area contributed by atoms with Crippen molar-refractivity contribution in [3.05, 3.63) is 47.8 Å². The molecule has 1 atom stereocenters. The Hall–Kier alpha value is -1.81. The predicted molar refractivity (Wildman–Crippen MR) is 80.8 cm³/mol. The van der Waals surface area contributed by atoms with Crippen LogP contribution in [0.2, 0.25) is 0 Å². The van der Waals surface area contributed by atoms with Gasteiger partial charge in [-0.2, -0.15) is 5.10 Å². The van der Waals surface area contributed by atoms with Crippen molar-refractivity contribution in [1.29, 1.82) is 0 Å². The van der Waals surface area contributed by atoms with E-state index in [9.17, 15) is 0 Å². The van der Waals surface area contributed by atoms with Crippen molar-refractivity contribution in [2.75, 3.05) is 7.11 Å². The summed E-state index contributed by atoms with van der Waals surface area (Å²) in [5.74, 6) is 0.892. The zero-order valence-corrected chi connectivity index (χ0v) is 12.5. The number of nitrogens with one attached hydrogen (secondary N) is 1. The number of ether oxygens (including phenoxy) is 1. The molecule has 0 saturated carbocycles. The lowest BCUT2D eigenvalue weighted by atomic mass is 10.2. The van der Waals surface area contributed by atoms with Gasteiger partial charge in [0.2, 0.25) is 0 Å². The molecule has 108 valence electrons. The van der Waals surface area contributed by atoms with Crippen LogP contribution in [-0.2, 0) is 13.1 Å². The van der Waals surface area contributed by atoms with Crippen LogP contribution >= 0.6 is 0 Å². The molecule has 1 N–H and O–H groups in total. The summed E-state index contributed by atoms with van der Waals surface area (Å²) in [6, 6.07) is 10.7. The van der Waals surface area contributed by atoms with Crippen LogP contribution in [0.4, 0.5) is 0 Å². The second-order valence-corrected chi connectivity index (χ2v) is 4.98. The van der Waals surface area contributed by atoms with Gasteiger partial charge in [0.15, 0.2) is 0 Å². The fourth-order valence-corrected chi connectivity index (χ4v) is 2.13. The summed E-state index contributed by atoms with van der Waals surface area (Å²) in [4.78, 5) is 0. The SMILES string of the molecule is CC[C@H](C)n1nccc1CNCc1ccc(OC)cc1. The van der Waals surface area contributed by atoms with Gasteiger partial charge < -0.3 is 10.1 Å². The van der Waals surface area contributed by atoms with Crippen LogP contribution in [0.25, 0.3) is 0 Å². The van der Waals surface area contributed by atoms with Gasteiger partial charge in [0.05, 0.1) is 12.8 Å². The van der Waals surface area contributed by atoms with E-state index in [1.54, 1.807) is 7.11 Å². The maximum Gasteiger partial charge on any atom is 0.118 e. The molecule has 0 bridgehead atoms. The van der Waals surface area contributed by atoms with Gasteiger partial charge in [-0.05, 0) is 37.1 Å². The lowest BCUT2D eigenvalue weighted by molar-refractivity contribution is 0.414. The Kier molecular flexibility index (Phi) is 5.18. The van der Waals surface area contributed by atoms with E-state index < -0.39 is 0 Å².